The predicted octanol–water partition coefficient (Wildman–Crippen LogP) is 3.43. The van der Waals surface area contributed by atoms with Crippen molar-refractivity contribution in [1.29, 1.82) is 0 Å². The van der Waals surface area contributed by atoms with Crippen LogP contribution in [0.2, 0.25) is 0 Å². The van der Waals surface area contributed by atoms with Gasteiger partial charge in [-0.3, -0.25) is 9.59 Å². The third-order valence-corrected chi connectivity index (χ3v) is 7.90. The molecular weight excluding hydrogens is 424 g/mol. The first-order valence-corrected chi connectivity index (χ1v) is 12.3. The molecule has 1 aliphatic carbocycles. The van der Waals surface area contributed by atoms with Crippen LogP contribution >= 0.6 is 11.3 Å². The Morgan fingerprint density at radius 3 is 2.60 bits per heavy atom. The molecule has 1 aliphatic rings. The quantitative estimate of drug-likeness (QED) is 0.622. The minimum absolute atomic E-state index is 0.0365. The van der Waals surface area contributed by atoms with Gasteiger partial charge in [-0.1, -0.05) is 31.4 Å². The second-order valence-electron chi connectivity index (χ2n) is 7.33. The number of ether oxygens (including phenoxy) is 1. The molecule has 1 aromatic carbocycles. The van der Waals surface area contributed by atoms with E-state index in [1.807, 2.05) is 16.8 Å². The largest absolute Gasteiger partial charge is 0.455 e. The maximum Gasteiger partial charge on any atom is 0.310 e. The molecule has 0 radical (unpaired) electrons. The van der Waals surface area contributed by atoms with Crippen molar-refractivity contribution < 1.29 is 22.7 Å². The Balaban J connectivity index is 1.64. The van der Waals surface area contributed by atoms with Crippen LogP contribution in [0.25, 0.3) is 0 Å². The Labute approximate surface area is 181 Å². The summed E-state index contributed by atoms with van der Waals surface area (Å²) in [4.78, 5) is 24.2. The van der Waals surface area contributed by atoms with Crippen LogP contribution in [0.5, 0.6) is 0 Å². The fourth-order valence-electron chi connectivity index (χ4n) is 3.53. The summed E-state index contributed by atoms with van der Waals surface area (Å²) >= 11 is 1.48. The number of nitrogens with zero attached hydrogens (tertiary/aromatic N) is 1. The van der Waals surface area contributed by atoms with Gasteiger partial charge in [-0.25, -0.2) is 8.42 Å². The molecule has 1 heterocycles. The van der Waals surface area contributed by atoms with Gasteiger partial charge in [-0.15, -0.1) is 0 Å². The highest BCUT2D eigenvalue weighted by molar-refractivity contribution is 7.89. The molecule has 0 bridgehead atoms. The fourth-order valence-corrected chi connectivity index (χ4v) is 5.76. The molecule has 7 nitrogen and oxygen atoms in total. The van der Waals surface area contributed by atoms with Crippen molar-refractivity contribution in [2.75, 3.05) is 19.0 Å². The molecule has 1 fully saturated rings. The van der Waals surface area contributed by atoms with Gasteiger partial charge in [0, 0.05) is 13.1 Å². The summed E-state index contributed by atoms with van der Waals surface area (Å²) in [6, 6.07) is 8.07. The zero-order valence-electron chi connectivity index (χ0n) is 16.9. The summed E-state index contributed by atoms with van der Waals surface area (Å²) in [7, 11) is -2.18. The van der Waals surface area contributed by atoms with E-state index in [-0.39, 0.29) is 23.0 Å². The minimum Gasteiger partial charge on any atom is -0.455 e. The molecule has 1 saturated carbocycles. The summed E-state index contributed by atoms with van der Waals surface area (Å²) in [6.07, 6.45) is 4.92. The van der Waals surface area contributed by atoms with Crippen LogP contribution in [-0.4, -0.2) is 44.3 Å². The van der Waals surface area contributed by atoms with Crippen LogP contribution in [0.15, 0.2) is 46.0 Å². The van der Waals surface area contributed by atoms with E-state index in [1.165, 1.54) is 27.8 Å². The van der Waals surface area contributed by atoms with E-state index < -0.39 is 28.5 Å². The number of nitrogens with one attached hydrogen (secondary N) is 1. The molecule has 3 rings (SSSR count). The van der Waals surface area contributed by atoms with Gasteiger partial charge in [0.25, 0.3) is 5.91 Å². The Morgan fingerprint density at radius 1 is 1.17 bits per heavy atom. The summed E-state index contributed by atoms with van der Waals surface area (Å²) in [5, 5.41) is 6.27. The van der Waals surface area contributed by atoms with E-state index in [0.717, 1.165) is 37.7 Å². The van der Waals surface area contributed by atoms with Crippen molar-refractivity contribution in [2.45, 2.75) is 49.5 Å². The van der Waals surface area contributed by atoms with Gasteiger partial charge in [-0.05, 0) is 47.4 Å². The maximum absolute atomic E-state index is 13.2. The molecular formula is C21H26N2O5S2. The van der Waals surface area contributed by atoms with Gasteiger partial charge in [0.1, 0.15) is 4.90 Å². The van der Waals surface area contributed by atoms with Crippen LogP contribution in [0.1, 0.15) is 37.7 Å². The number of carbonyl (C=O) groups excluding carboxylic acids is 2. The minimum atomic E-state index is -3.77. The molecule has 9 heteroatoms. The molecule has 0 unspecified atom stereocenters. The fraction of sp³-hybridized carbons (Fsp3) is 0.429. The van der Waals surface area contributed by atoms with E-state index in [4.69, 9.17) is 4.74 Å². The SMILES string of the molecule is CN(C1CCCCC1)S(=O)(=O)c1ccccc1NC(=O)COC(=O)Cc1ccsc1. The van der Waals surface area contributed by atoms with Crippen molar-refractivity contribution in [2.24, 2.45) is 0 Å². The van der Waals surface area contributed by atoms with E-state index >= 15 is 0 Å². The topological polar surface area (TPSA) is 92.8 Å². The molecule has 0 atom stereocenters. The van der Waals surface area contributed by atoms with Gasteiger partial charge >= 0.3 is 5.97 Å². The standard InChI is InChI=1S/C21H26N2O5S2/c1-23(17-7-3-2-4-8-17)30(26,27)19-10-6-5-9-18(19)22-20(24)14-28-21(25)13-16-11-12-29-15-16/h5-6,9-12,15,17H,2-4,7-8,13-14H2,1H3,(H,22,24). The molecule has 0 saturated heterocycles. The molecule has 0 spiro atoms. The third-order valence-electron chi connectivity index (χ3n) is 5.20. The first-order chi connectivity index (χ1) is 14.4. The lowest BCUT2D eigenvalue weighted by molar-refractivity contribution is -0.146. The Hall–Kier alpha value is -2.23. The normalized spacial score (nSPS) is 15.1. The number of esters is 1. The van der Waals surface area contributed by atoms with Crippen molar-refractivity contribution in [3.8, 4) is 0 Å². The Kier molecular flexibility index (Phi) is 7.63. The van der Waals surface area contributed by atoms with Crippen LogP contribution in [0.3, 0.4) is 0 Å². The number of para-hydroxylation sites is 1. The summed E-state index contributed by atoms with van der Waals surface area (Å²) < 4.78 is 32.8. The molecule has 30 heavy (non-hydrogen) atoms. The molecule has 1 N–H and O–H groups in total. The van der Waals surface area contributed by atoms with Crippen molar-refractivity contribution in [3.05, 3.63) is 46.7 Å². The van der Waals surface area contributed by atoms with E-state index in [9.17, 15) is 18.0 Å². The highest BCUT2D eigenvalue weighted by Gasteiger charge is 2.31. The first kappa shape index (κ1) is 22.5. The number of anilines is 1. The molecule has 1 amide bonds. The number of thiophene rings is 1. The number of hydrogen-bond donors (Lipinski definition) is 1. The number of benzene rings is 1. The molecule has 162 valence electrons. The number of rotatable bonds is 8. The summed E-state index contributed by atoms with van der Waals surface area (Å²) in [6.45, 7) is -0.476. The second-order valence-corrected chi connectivity index (χ2v) is 10.1. The smallest absolute Gasteiger partial charge is 0.310 e. The predicted molar refractivity (Wildman–Crippen MR) is 116 cm³/mol. The lowest BCUT2D eigenvalue weighted by atomic mass is 9.96. The lowest BCUT2D eigenvalue weighted by Gasteiger charge is -2.30. The number of sulfonamides is 1. The number of hydrogen-bond acceptors (Lipinski definition) is 6. The van der Waals surface area contributed by atoms with E-state index in [2.05, 4.69) is 5.32 Å². The van der Waals surface area contributed by atoms with E-state index in [1.54, 1.807) is 19.2 Å². The van der Waals surface area contributed by atoms with Crippen molar-refractivity contribution in [1.82, 2.24) is 4.31 Å². The van der Waals surface area contributed by atoms with Crippen molar-refractivity contribution >= 4 is 38.9 Å². The average molecular weight is 451 g/mol. The van der Waals surface area contributed by atoms with Gasteiger partial charge in [-0.2, -0.15) is 15.6 Å². The summed E-state index contributed by atoms with van der Waals surface area (Å²) in [5.74, 6) is -1.10. The highest BCUT2D eigenvalue weighted by atomic mass is 32.2. The maximum atomic E-state index is 13.2. The first-order valence-electron chi connectivity index (χ1n) is 9.91. The number of amides is 1. The summed E-state index contributed by atoms with van der Waals surface area (Å²) in [5.41, 5.74) is 1.01. The van der Waals surface area contributed by atoms with Gasteiger partial charge < -0.3 is 10.1 Å². The zero-order valence-corrected chi connectivity index (χ0v) is 18.5. The highest BCUT2D eigenvalue weighted by Crippen LogP contribution is 2.29. The van der Waals surface area contributed by atoms with Crippen LogP contribution in [0.4, 0.5) is 5.69 Å². The molecule has 1 aromatic heterocycles. The van der Waals surface area contributed by atoms with Crippen LogP contribution in [0, 0.1) is 0 Å². The van der Waals surface area contributed by atoms with Gasteiger partial charge in [0.15, 0.2) is 6.61 Å². The van der Waals surface area contributed by atoms with Crippen LogP contribution in [-0.2, 0) is 30.8 Å². The van der Waals surface area contributed by atoms with E-state index in [0.29, 0.717) is 0 Å². The zero-order chi connectivity index (χ0) is 21.6. The lowest BCUT2D eigenvalue weighted by Crippen LogP contribution is -2.38. The van der Waals surface area contributed by atoms with Gasteiger partial charge in [0.05, 0.1) is 12.1 Å². The Morgan fingerprint density at radius 2 is 1.90 bits per heavy atom. The number of carbonyl (C=O) groups is 2. The average Bonchev–Trinajstić information content (AvgIpc) is 3.25. The van der Waals surface area contributed by atoms with Gasteiger partial charge in [0.2, 0.25) is 10.0 Å². The van der Waals surface area contributed by atoms with Crippen molar-refractivity contribution in [3.63, 3.8) is 0 Å². The Bertz CT molecular complexity index is 967. The monoisotopic (exact) mass is 450 g/mol. The molecule has 2 aromatic rings. The molecule has 0 aliphatic heterocycles. The second kappa shape index (κ2) is 10.2. The van der Waals surface area contributed by atoms with Crippen LogP contribution < -0.4 is 5.32 Å². The third kappa shape index (κ3) is 5.68.